The molecule has 1 heterocycles. The normalized spacial score (nSPS) is 21.7. The maximum absolute atomic E-state index is 11.3. The minimum absolute atomic E-state index is 0.0614. The SMILES string of the molecule is CC(C)COCCCN1CC(O)CC1=O. The standard InChI is InChI=1S/C11H21NO3/c1-9(2)8-15-5-3-4-12-7-10(13)6-11(12)14/h9-10,13H,3-8H2,1-2H3. The van der Waals surface area contributed by atoms with Crippen LogP contribution in [0, 0.1) is 5.92 Å². The average Bonchev–Trinajstić information content (AvgIpc) is 2.44. The molecule has 4 heteroatoms. The third kappa shape index (κ3) is 4.62. The first-order chi connectivity index (χ1) is 7.09. The zero-order valence-electron chi connectivity index (χ0n) is 9.61. The molecule has 88 valence electrons. The molecule has 0 saturated carbocycles. The molecule has 1 fully saturated rings. The van der Waals surface area contributed by atoms with Gasteiger partial charge in [0.05, 0.1) is 12.5 Å². The average molecular weight is 215 g/mol. The number of rotatable bonds is 6. The van der Waals surface area contributed by atoms with Gasteiger partial charge < -0.3 is 14.7 Å². The number of likely N-dealkylation sites (tertiary alicyclic amines) is 1. The number of aliphatic hydroxyl groups excluding tert-OH is 1. The fourth-order valence-electron chi connectivity index (χ4n) is 1.64. The summed E-state index contributed by atoms with van der Waals surface area (Å²) < 4.78 is 5.42. The van der Waals surface area contributed by atoms with E-state index in [0.717, 1.165) is 13.0 Å². The molecule has 1 rings (SSSR count). The Balaban J connectivity index is 2.03. The highest BCUT2D eigenvalue weighted by Crippen LogP contribution is 2.10. The van der Waals surface area contributed by atoms with E-state index in [-0.39, 0.29) is 12.3 Å². The van der Waals surface area contributed by atoms with Crippen LogP contribution in [-0.2, 0) is 9.53 Å². The zero-order valence-corrected chi connectivity index (χ0v) is 9.61. The Kier molecular flexibility index (Phi) is 5.05. The summed E-state index contributed by atoms with van der Waals surface area (Å²) in [5.41, 5.74) is 0. The fraction of sp³-hybridized carbons (Fsp3) is 0.909. The predicted octanol–water partition coefficient (Wildman–Crippen LogP) is 0.642. The number of amides is 1. The fourth-order valence-corrected chi connectivity index (χ4v) is 1.64. The number of nitrogens with zero attached hydrogens (tertiary/aromatic N) is 1. The third-order valence-electron chi connectivity index (χ3n) is 2.36. The van der Waals surface area contributed by atoms with Gasteiger partial charge in [0.25, 0.3) is 0 Å². The van der Waals surface area contributed by atoms with Gasteiger partial charge in [-0.1, -0.05) is 13.8 Å². The molecule has 1 atom stereocenters. The van der Waals surface area contributed by atoms with Crippen LogP contribution in [0.1, 0.15) is 26.7 Å². The summed E-state index contributed by atoms with van der Waals surface area (Å²) in [4.78, 5) is 13.0. The molecule has 1 amide bonds. The van der Waals surface area contributed by atoms with Crippen LogP contribution in [0.25, 0.3) is 0 Å². The monoisotopic (exact) mass is 215 g/mol. The maximum Gasteiger partial charge on any atom is 0.225 e. The second-order valence-corrected chi connectivity index (χ2v) is 4.52. The summed E-state index contributed by atoms with van der Waals surface area (Å²) in [5, 5.41) is 9.25. The molecule has 1 aliphatic heterocycles. The van der Waals surface area contributed by atoms with E-state index in [4.69, 9.17) is 4.74 Å². The van der Waals surface area contributed by atoms with Gasteiger partial charge in [-0.05, 0) is 12.3 Å². The Hall–Kier alpha value is -0.610. The minimum atomic E-state index is -0.464. The van der Waals surface area contributed by atoms with Crippen LogP contribution in [0.15, 0.2) is 0 Å². The summed E-state index contributed by atoms with van der Waals surface area (Å²) in [6.45, 7) is 6.88. The van der Waals surface area contributed by atoms with Crippen molar-refractivity contribution in [2.24, 2.45) is 5.92 Å². The van der Waals surface area contributed by atoms with Gasteiger partial charge in [0, 0.05) is 26.3 Å². The van der Waals surface area contributed by atoms with Gasteiger partial charge in [0.1, 0.15) is 0 Å². The van der Waals surface area contributed by atoms with Crippen LogP contribution in [0.2, 0.25) is 0 Å². The van der Waals surface area contributed by atoms with Crippen LogP contribution in [0.3, 0.4) is 0 Å². The van der Waals surface area contributed by atoms with E-state index < -0.39 is 6.10 Å². The highest BCUT2D eigenvalue weighted by Gasteiger charge is 2.26. The van der Waals surface area contributed by atoms with E-state index in [2.05, 4.69) is 13.8 Å². The van der Waals surface area contributed by atoms with Gasteiger partial charge in [-0.2, -0.15) is 0 Å². The van der Waals surface area contributed by atoms with Crippen molar-refractivity contribution < 1.29 is 14.6 Å². The first-order valence-electron chi connectivity index (χ1n) is 5.63. The van der Waals surface area contributed by atoms with E-state index in [1.165, 1.54) is 0 Å². The molecule has 0 radical (unpaired) electrons. The van der Waals surface area contributed by atoms with Crippen molar-refractivity contribution in [3.05, 3.63) is 0 Å². The predicted molar refractivity (Wildman–Crippen MR) is 57.5 cm³/mol. The quantitative estimate of drug-likeness (QED) is 0.662. The van der Waals surface area contributed by atoms with Crippen molar-refractivity contribution >= 4 is 5.91 Å². The van der Waals surface area contributed by atoms with Gasteiger partial charge >= 0.3 is 0 Å². The summed E-state index contributed by atoms with van der Waals surface area (Å²) in [5.74, 6) is 0.617. The number of ether oxygens (including phenoxy) is 1. The Morgan fingerprint density at radius 3 is 2.87 bits per heavy atom. The van der Waals surface area contributed by atoms with Gasteiger partial charge in [0.2, 0.25) is 5.91 Å². The van der Waals surface area contributed by atoms with Gasteiger partial charge in [-0.25, -0.2) is 0 Å². The molecular weight excluding hydrogens is 194 g/mol. The second-order valence-electron chi connectivity index (χ2n) is 4.52. The Labute approximate surface area is 91.2 Å². The minimum Gasteiger partial charge on any atom is -0.391 e. The highest BCUT2D eigenvalue weighted by atomic mass is 16.5. The molecule has 0 bridgehead atoms. The smallest absolute Gasteiger partial charge is 0.225 e. The van der Waals surface area contributed by atoms with E-state index in [1.54, 1.807) is 4.90 Å². The van der Waals surface area contributed by atoms with Crippen LogP contribution in [-0.4, -0.2) is 48.3 Å². The highest BCUT2D eigenvalue weighted by molar-refractivity contribution is 5.78. The molecule has 1 unspecified atom stereocenters. The number of β-amino-alcohol motifs (C(OH)–C–C–N with tert-alkyl or cyclic N) is 1. The first kappa shape index (κ1) is 12.5. The van der Waals surface area contributed by atoms with E-state index in [1.807, 2.05) is 0 Å². The number of hydrogen-bond donors (Lipinski definition) is 1. The van der Waals surface area contributed by atoms with Crippen LogP contribution in [0.5, 0.6) is 0 Å². The van der Waals surface area contributed by atoms with Crippen LogP contribution >= 0.6 is 0 Å². The van der Waals surface area contributed by atoms with Crippen molar-refractivity contribution in [1.82, 2.24) is 4.90 Å². The van der Waals surface area contributed by atoms with Gasteiger partial charge in [-0.3, -0.25) is 4.79 Å². The van der Waals surface area contributed by atoms with Gasteiger partial charge in [0.15, 0.2) is 0 Å². The van der Waals surface area contributed by atoms with E-state index in [0.29, 0.717) is 25.6 Å². The summed E-state index contributed by atoms with van der Waals surface area (Å²) in [6.07, 6.45) is 0.673. The van der Waals surface area contributed by atoms with Gasteiger partial charge in [-0.15, -0.1) is 0 Å². The van der Waals surface area contributed by atoms with Crippen molar-refractivity contribution in [3.8, 4) is 0 Å². The zero-order chi connectivity index (χ0) is 11.3. The maximum atomic E-state index is 11.3. The lowest BCUT2D eigenvalue weighted by atomic mass is 10.2. The molecule has 15 heavy (non-hydrogen) atoms. The van der Waals surface area contributed by atoms with Crippen molar-refractivity contribution in [3.63, 3.8) is 0 Å². The lowest BCUT2D eigenvalue weighted by Gasteiger charge is -2.15. The number of carbonyl (C=O) groups is 1. The van der Waals surface area contributed by atoms with Crippen molar-refractivity contribution in [2.75, 3.05) is 26.3 Å². The summed E-state index contributed by atoms with van der Waals surface area (Å²) >= 11 is 0. The molecule has 1 N–H and O–H groups in total. The van der Waals surface area contributed by atoms with Crippen molar-refractivity contribution in [1.29, 1.82) is 0 Å². The number of hydrogen-bond acceptors (Lipinski definition) is 3. The van der Waals surface area contributed by atoms with Crippen molar-refractivity contribution in [2.45, 2.75) is 32.8 Å². The number of carbonyl (C=O) groups excluding carboxylic acids is 1. The lowest BCUT2D eigenvalue weighted by molar-refractivity contribution is -0.127. The molecule has 4 nitrogen and oxygen atoms in total. The molecule has 0 aromatic carbocycles. The topological polar surface area (TPSA) is 49.8 Å². The molecule has 0 aromatic rings. The van der Waals surface area contributed by atoms with Crippen LogP contribution in [0.4, 0.5) is 0 Å². The number of aliphatic hydroxyl groups is 1. The third-order valence-corrected chi connectivity index (χ3v) is 2.36. The summed E-state index contributed by atoms with van der Waals surface area (Å²) in [6, 6.07) is 0. The molecular formula is C11H21NO3. The van der Waals surface area contributed by atoms with E-state index in [9.17, 15) is 9.90 Å². The Morgan fingerprint density at radius 2 is 2.33 bits per heavy atom. The first-order valence-corrected chi connectivity index (χ1v) is 5.63. The van der Waals surface area contributed by atoms with Crippen LogP contribution < -0.4 is 0 Å². The summed E-state index contributed by atoms with van der Waals surface area (Å²) in [7, 11) is 0. The van der Waals surface area contributed by atoms with E-state index >= 15 is 0 Å². The molecule has 0 spiro atoms. The lowest BCUT2D eigenvalue weighted by Crippen LogP contribution is -2.27. The Morgan fingerprint density at radius 1 is 1.60 bits per heavy atom. The molecule has 0 aromatic heterocycles. The largest absolute Gasteiger partial charge is 0.391 e. The molecule has 0 aliphatic carbocycles. The molecule has 1 saturated heterocycles. The Bertz CT molecular complexity index is 206. The molecule has 1 aliphatic rings. The second kappa shape index (κ2) is 6.08.